The molecule has 0 aliphatic heterocycles. The highest BCUT2D eigenvalue weighted by molar-refractivity contribution is 9.10. The standard InChI is InChI=1S/C11H11BrN4S/c1-7-10(16-13)14-6-15-11(7)17-9-4-2-3-8(12)5-9/h2-6H,13H2,1H3,(H,14,15,16). The van der Waals surface area contributed by atoms with Crippen LogP contribution in [-0.4, -0.2) is 9.97 Å². The molecular formula is C11H11BrN4S. The van der Waals surface area contributed by atoms with Crippen LogP contribution in [0.5, 0.6) is 0 Å². The van der Waals surface area contributed by atoms with Crippen molar-refractivity contribution in [1.82, 2.24) is 9.97 Å². The number of halogens is 1. The van der Waals surface area contributed by atoms with Crippen LogP contribution in [0.25, 0.3) is 0 Å². The molecule has 2 rings (SSSR count). The summed E-state index contributed by atoms with van der Waals surface area (Å²) >= 11 is 5.02. The number of nitrogens with zero attached hydrogens (tertiary/aromatic N) is 2. The van der Waals surface area contributed by atoms with Gasteiger partial charge in [0.2, 0.25) is 0 Å². The topological polar surface area (TPSA) is 63.8 Å². The zero-order valence-corrected chi connectivity index (χ0v) is 11.5. The predicted octanol–water partition coefficient (Wildman–Crippen LogP) is 2.98. The maximum absolute atomic E-state index is 5.38. The summed E-state index contributed by atoms with van der Waals surface area (Å²) in [6.07, 6.45) is 1.50. The second kappa shape index (κ2) is 5.48. The van der Waals surface area contributed by atoms with E-state index in [0.29, 0.717) is 5.82 Å². The molecule has 17 heavy (non-hydrogen) atoms. The number of nitrogens with one attached hydrogen (secondary N) is 1. The smallest absolute Gasteiger partial charge is 0.147 e. The van der Waals surface area contributed by atoms with Gasteiger partial charge in [-0.05, 0) is 25.1 Å². The Hall–Kier alpha value is -1.11. The lowest BCUT2D eigenvalue weighted by Crippen LogP contribution is -2.10. The fourth-order valence-corrected chi connectivity index (χ4v) is 2.78. The highest BCUT2D eigenvalue weighted by Gasteiger charge is 2.07. The molecule has 0 unspecified atom stereocenters. The monoisotopic (exact) mass is 310 g/mol. The van der Waals surface area contributed by atoms with E-state index in [-0.39, 0.29) is 0 Å². The first-order valence-electron chi connectivity index (χ1n) is 4.92. The van der Waals surface area contributed by atoms with E-state index in [1.807, 2.05) is 31.2 Å². The van der Waals surface area contributed by atoms with E-state index in [1.54, 1.807) is 11.8 Å². The van der Waals surface area contributed by atoms with Crippen LogP contribution in [0.2, 0.25) is 0 Å². The van der Waals surface area contributed by atoms with Gasteiger partial charge in [0, 0.05) is 14.9 Å². The molecule has 2 aromatic rings. The molecule has 0 fully saturated rings. The molecule has 0 atom stereocenters. The molecule has 1 heterocycles. The van der Waals surface area contributed by atoms with Gasteiger partial charge in [-0.1, -0.05) is 33.8 Å². The molecule has 3 N–H and O–H groups in total. The molecule has 0 radical (unpaired) electrons. The summed E-state index contributed by atoms with van der Waals surface area (Å²) in [5.74, 6) is 6.03. The summed E-state index contributed by atoms with van der Waals surface area (Å²) in [5, 5.41) is 0.894. The fourth-order valence-electron chi connectivity index (χ4n) is 1.32. The summed E-state index contributed by atoms with van der Waals surface area (Å²) in [4.78, 5) is 9.41. The number of rotatable bonds is 3. The SMILES string of the molecule is Cc1c(NN)ncnc1Sc1cccc(Br)c1. The first-order chi connectivity index (χ1) is 8.20. The molecular weight excluding hydrogens is 300 g/mol. The Bertz CT molecular complexity index is 533. The van der Waals surface area contributed by atoms with Gasteiger partial charge in [-0.25, -0.2) is 15.8 Å². The number of anilines is 1. The number of hydrogen-bond donors (Lipinski definition) is 2. The molecule has 1 aromatic carbocycles. The Kier molecular flexibility index (Phi) is 3.98. The van der Waals surface area contributed by atoms with Crippen molar-refractivity contribution in [3.63, 3.8) is 0 Å². The van der Waals surface area contributed by atoms with Crippen LogP contribution in [0.15, 0.2) is 45.0 Å². The zero-order valence-electron chi connectivity index (χ0n) is 9.14. The lowest BCUT2D eigenvalue weighted by Gasteiger charge is -2.08. The van der Waals surface area contributed by atoms with Crippen LogP contribution in [0.3, 0.4) is 0 Å². The third kappa shape index (κ3) is 2.96. The number of nitrogen functional groups attached to an aromatic ring is 1. The third-order valence-corrected chi connectivity index (χ3v) is 3.77. The van der Waals surface area contributed by atoms with Crippen LogP contribution >= 0.6 is 27.7 Å². The highest BCUT2D eigenvalue weighted by atomic mass is 79.9. The van der Waals surface area contributed by atoms with E-state index in [9.17, 15) is 0 Å². The van der Waals surface area contributed by atoms with Gasteiger partial charge in [-0.2, -0.15) is 0 Å². The van der Waals surface area contributed by atoms with Crippen molar-refractivity contribution in [2.24, 2.45) is 5.84 Å². The second-order valence-corrected chi connectivity index (χ2v) is 5.33. The van der Waals surface area contributed by atoms with Crippen LogP contribution in [0.1, 0.15) is 5.56 Å². The summed E-state index contributed by atoms with van der Waals surface area (Å²) in [6.45, 7) is 1.94. The van der Waals surface area contributed by atoms with Gasteiger partial charge in [0.1, 0.15) is 17.2 Å². The molecule has 88 valence electrons. The van der Waals surface area contributed by atoms with E-state index in [4.69, 9.17) is 5.84 Å². The van der Waals surface area contributed by atoms with Crippen molar-refractivity contribution < 1.29 is 0 Å². The van der Waals surface area contributed by atoms with Crippen molar-refractivity contribution in [3.8, 4) is 0 Å². The van der Waals surface area contributed by atoms with Crippen LogP contribution in [-0.2, 0) is 0 Å². The molecule has 0 spiro atoms. The molecule has 1 aromatic heterocycles. The molecule has 0 saturated heterocycles. The van der Waals surface area contributed by atoms with Crippen molar-refractivity contribution in [1.29, 1.82) is 0 Å². The quantitative estimate of drug-likeness (QED) is 0.518. The van der Waals surface area contributed by atoms with Gasteiger partial charge in [0.25, 0.3) is 0 Å². The molecule has 0 aliphatic carbocycles. The zero-order chi connectivity index (χ0) is 12.3. The summed E-state index contributed by atoms with van der Waals surface area (Å²) in [5.41, 5.74) is 3.50. The molecule has 0 saturated carbocycles. The fraction of sp³-hybridized carbons (Fsp3) is 0.0909. The van der Waals surface area contributed by atoms with E-state index in [1.165, 1.54) is 6.33 Å². The van der Waals surface area contributed by atoms with E-state index in [0.717, 1.165) is 20.0 Å². The minimum atomic E-state index is 0.650. The maximum Gasteiger partial charge on any atom is 0.147 e. The second-order valence-electron chi connectivity index (χ2n) is 3.36. The summed E-state index contributed by atoms with van der Waals surface area (Å²) < 4.78 is 1.05. The van der Waals surface area contributed by atoms with E-state index >= 15 is 0 Å². The average molecular weight is 311 g/mol. The first kappa shape index (κ1) is 12.3. The lowest BCUT2D eigenvalue weighted by molar-refractivity contribution is 0.996. The van der Waals surface area contributed by atoms with Crippen molar-refractivity contribution in [2.75, 3.05) is 5.43 Å². The molecule has 0 bridgehead atoms. The Morgan fingerprint density at radius 3 is 2.88 bits per heavy atom. The Morgan fingerprint density at radius 2 is 2.18 bits per heavy atom. The first-order valence-corrected chi connectivity index (χ1v) is 6.53. The van der Waals surface area contributed by atoms with Crippen molar-refractivity contribution >= 4 is 33.5 Å². The maximum atomic E-state index is 5.38. The summed E-state index contributed by atoms with van der Waals surface area (Å²) in [6, 6.07) is 8.06. The number of hydrogen-bond acceptors (Lipinski definition) is 5. The number of benzene rings is 1. The van der Waals surface area contributed by atoms with Gasteiger partial charge in [0.15, 0.2) is 0 Å². The minimum Gasteiger partial charge on any atom is -0.308 e. The van der Waals surface area contributed by atoms with E-state index in [2.05, 4.69) is 31.3 Å². The molecule has 6 heteroatoms. The predicted molar refractivity (Wildman–Crippen MR) is 72.8 cm³/mol. The lowest BCUT2D eigenvalue weighted by atomic mass is 10.3. The Labute approximate surface area is 112 Å². The van der Waals surface area contributed by atoms with E-state index < -0.39 is 0 Å². The van der Waals surface area contributed by atoms with Gasteiger partial charge in [-0.15, -0.1) is 0 Å². The summed E-state index contributed by atoms with van der Waals surface area (Å²) in [7, 11) is 0. The Morgan fingerprint density at radius 1 is 1.35 bits per heavy atom. The highest BCUT2D eigenvalue weighted by Crippen LogP contribution is 2.31. The number of aromatic nitrogens is 2. The molecule has 0 amide bonds. The Balaban J connectivity index is 2.30. The molecule has 0 aliphatic rings. The molecule has 4 nitrogen and oxygen atoms in total. The number of nitrogens with two attached hydrogens (primary N) is 1. The van der Waals surface area contributed by atoms with Crippen molar-refractivity contribution in [3.05, 3.63) is 40.6 Å². The van der Waals surface area contributed by atoms with Gasteiger partial charge in [-0.3, -0.25) is 0 Å². The minimum absolute atomic E-state index is 0.650. The average Bonchev–Trinajstić information content (AvgIpc) is 2.32. The largest absolute Gasteiger partial charge is 0.308 e. The normalized spacial score (nSPS) is 10.3. The van der Waals surface area contributed by atoms with Crippen LogP contribution in [0.4, 0.5) is 5.82 Å². The van der Waals surface area contributed by atoms with Gasteiger partial charge >= 0.3 is 0 Å². The number of hydrazine groups is 1. The van der Waals surface area contributed by atoms with Gasteiger partial charge in [0.05, 0.1) is 0 Å². The van der Waals surface area contributed by atoms with Crippen LogP contribution in [0, 0.1) is 6.92 Å². The van der Waals surface area contributed by atoms with Gasteiger partial charge < -0.3 is 5.43 Å². The van der Waals surface area contributed by atoms with Crippen LogP contribution < -0.4 is 11.3 Å². The van der Waals surface area contributed by atoms with Crippen molar-refractivity contribution in [2.45, 2.75) is 16.8 Å². The third-order valence-electron chi connectivity index (χ3n) is 2.19.